The van der Waals surface area contributed by atoms with Crippen molar-refractivity contribution in [1.82, 2.24) is 5.32 Å². The van der Waals surface area contributed by atoms with Crippen LogP contribution in [0.4, 0.5) is 11.4 Å². The molecular weight excluding hydrogens is 614 g/mol. The zero-order valence-corrected chi connectivity index (χ0v) is 26.9. The number of hydrogen-bond donors (Lipinski definition) is 3. The van der Waals surface area contributed by atoms with E-state index < -0.39 is 17.1 Å². The van der Waals surface area contributed by atoms with Crippen LogP contribution >= 0.6 is 23.4 Å². The Balaban J connectivity index is 1.32. The summed E-state index contributed by atoms with van der Waals surface area (Å²) in [7, 11) is 0. The largest absolute Gasteiger partial charge is 0.325 e. The predicted octanol–water partition coefficient (Wildman–Crippen LogP) is 8.84. The summed E-state index contributed by atoms with van der Waals surface area (Å²) in [5.41, 5.74) is 5.48. The third kappa shape index (κ3) is 8.75. The molecule has 3 amide bonds. The summed E-state index contributed by atoms with van der Waals surface area (Å²) >= 11 is 7.47. The molecule has 8 heteroatoms. The highest BCUT2D eigenvalue weighted by molar-refractivity contribution is 8.00. The zero-order chi connectivity index (χ0) is 32.5. The minimum atomic E-state index is -0.485. The summed E-state index contributed by atoms with van der Waals surface area (Å²) in [5.74, 6) is -1.06. The lowest BCUT2D eigenvalue weighted by Gasteiger charge is -2.15. The van der Waals surface area contributed by atoms with E-state index in [1.807, 2.05) is 86.6 Å². The van der Waals surface area contributed by atoms with E-state index in [2.05, 4.69) is 16.0 Å². The monoisotopic (exact) mass is 645 g/mol. The van der Waals surface area contributed by atoms with Gasteiger partial charge in [0.15, 0.2) is 0 Å². The van der Waals surface area contributed by atoms with Crippen LogP contribution in [0.15, 0.2) is 138 Å². The van der Waals surface area contributed by atoms with Crippen LogP contribution in [0.3, 0.4) is 0 Å². The number of amides is 3. The van der Waals surface area contributed by atoms with E-state index in [1.54, 1.807) is 60.7 Å². The lowest BCUT2D eigenvalue weighted by Crippen LogP contribution is -2.30. The standard InChI is InChI=1S/C38H32ClN3O3S/c1-25-16-21-31(39)23-34(25)41-36(43)26(2)46-33-15-9-14-32(24-33)40-38(45)35(42-37(44)30-12-7-4-8-13-30)22-27-17-19-29(20-18-27)28-10-5-3-6-11-28/h3-24,26H,1-2H3,(H,40,45)(H,41,43)(H,42,44)/b35-22+. The highest BCUT2D eigenvalue weighted by Crippen LogP contribution is 2.28. The minimum absolute atomic E-state index is 0.0870. The molecule has 5 aromatic rings. The van der Waals surface area contributed by atoms with Crippen LogP contribution in [-0.2, 0) is 9.59 Å². The molecule has 1 atom stereocenters. The Kier molecular flexibility index (Phi) is 10.7. The molecule has 1 unspecified atom stereocenters. The van der Waals surface area contributed by atoms with Crippen LogP contribution < -0.4 is 16.0 Å². The van der Waals surface area contributed by atoms with E-state index in [1.165, 1.54) is 11.8 Å². The Morgan fingerprint density at radius 1 is 0.739 bits per heavy atom. The average Bonchev–Trinajstić information content (AvgIpc) is 3.07. The smallest absolute Gasteiger partial charge is 0.272 e. The Labute approximate surface area is 277 Å². The van der Waals surface area contributed by atoms with Gasteiger partial charge in [0, 0.05) is 26.9 Å². The first-order chi connectivity index (χ1) is 22.2. The molecule has 0 aliphatic carbocycles. The number of anilines is 2. The number of thioether (sulfide) groups is 1. The van der Waals surface area contributed by atoms with E-state index in [0.717, 1.165) is 27.1 Å². The number of aryl methyl sites for hydroxylation is 1. The average molecular weight is 646 g/mol. The zero-order valence-electron chi connectivity index (χ0n) is 25.3. The fourth-order valence-electron chi connectivity index (χ4n) is 4.58. The van der Waals surface area contributed by atoms with E-state index in [-0.39, 0.29) is 11.6 Å². The maximum Gasteiger partial charge on any atom is 0.272 e. The van der Waals surface area contributed by atoms with Crippen molar-refractivity contribution in [2.75, 3.05) is 10.6 Å². The molecule has 0 aliphatic heterocycles. The van der Waals surface area contributed by atoms with Gasteiger partial charge < -0.3 is 16.0 Å². The van der Waals surface area contributed by atoms with E-state index in [4.69, 9.17) is 11.6 Å². The first-order valence-corrected chi connectivity index (χ1v) is 15.9. The quantitative estimate of drug-likeness (QED) is 0.105. The van der Waals surface area contributed by atoms with E-state index in [0.29, 0.717) is 22.0 Å². The van der Waals surface area contributed by atoms with Crippen molar-refractivity contribution < 1.29 is 14.4 Å². The SMILES string of the molecule is Cc1ccc(Cl)cc1NC(=O)C(C)Sc1cccc(NC(=O)/C(=C\c2ccc(-c3ccccc3)cc2)NC(=O)c2ccccc2)c1. The molecule has 6 nitrogen and oxygen atoms in total. The molecule has 0 heterocycles. The molecule has 0 saturated heterocycles. The van der Waals surface area contributed by atoms with Crippen molar-refractivity contribution in [2.45, 2.75) is 24.0 Å². The molecule has 0 fully saturated rings. The summed E-state index contributed by atoms with van der Waals surface area (Å²) in [6.45, 7) is 3.72. The lowest BCUT2D eigenvalue weighted by atomic mass is 10.0. The molecule has 0 radical (unpaired) electrons. The van der Waals surface area contributed by atoms with Crippen LogP contribution in [0.25, 0.3) is 17.2 Å². The summed E-state index contributed by atoms with van der Waals surface area (Å²) in [6, 6.07) is 39.1. The molecule has 230 valence electrons. The molecule has 0 spiro atoms. The van der Waals surface area contributed by atoms with Crippen molar-refractivity contribution in [3.05, 3.63) is 155 Å². The van der Waals surface area contributed by atoms with Gasteiger partial charge in [-0.1, -0.05) is 96.5 Å². The summed E-state index contributed by atoms with van der Waals surface area (Å²) in [4.78, 5) is 40.4. The van der Waals surface area contributed by atoms with Gasteiger partial charge in [0.25, 0.3) is 11.8 Å². The predicted molar refractivity (Wildman–Crippen MR) is 189 cm³/mol. The third-order valence-corrected chi connectivity index (χ3v) is 8.42. The van der Waals surface area contributed by atoms with Crippen molar-refractivity contribution in [1.29, 1.82) is 0 Å². The Bertz CT molecular complexity index is 1880. The van der Waals surface area contributed by atoms with Crippen LogP contribution in [0.2, 0.25) is 5.02 Å². The van der Waals surface area contributed by atoms with Crippen molar-refractivity contribution in [2.24, 2.45) is 0 Å². The fraction of sp³-hybridized carbons (Fsp3) is 0.0789. The second-order valence-corrected chi connectivity index (χ2v) is 12.4. The first kappa shape index (κ1) is 32.3. The number of carbonyl (C=O) groups is 3. The molecule has 0 aromatic heterocycles. The summed E-state index contributed by atoms with van der Waals surface area (Å²) < 4.78 is 0. The number of carbonyl (C=O) groups excluding carboxylic acids is 3. The van der Waals surface area contributed by atoms with Crippen molar-refractivity contribution >= 4 is 58.5 Å². The number of nitrogens with one attached hydrogen (secondary N) is 3. The number of hydrogen-bond acceptors (Lipinski definition) is 4. The van der Waals surface area contributed by atoms with Crippen molar-refractivity contribution in [3.63, 3.8) is 0 Å². The van der Waals surface area contributed by atoms with Crippen molar-refractivity contribution in [3.8, 4) is 11.1 Å². The molecule has 0 aliphatic rings. The van der Waals surface area contributed by atoms with Gasteiger partial charge in [-0.2, -0.15) is 0 Å². The topological polar surface area (TPSA) is 87.3 Å². The van der Waals surface area contributed by atoms with Gasteiger partial charge in [-0.25, -0.2) is 0 Å². The summed E-state index contributed by atoms with van der Waals surface area (Å²) in [6.07, 6.45) is 1.65. The first-order valence-electron chi connectivity index (χ1n) is 14.6. The lowest BCUT2D eigenvalue weighted by molar-refractivity contribution is -0.115. The normalized spacial score (nSPS) is 11.8. The van der Waals surface area contributed by atoms with Crippen LogP contribution in [0.1, 0.15) is 28.4 Å². The van der Waals surface area contributed by atoms with Crippen LogP contribution in [0.5, 0.6) is 0 Å². The molecule has 3 N–H and O–H groups in total. The van der Waals surface area contributed by atoms with Gasteiger partial charge in [0.05, 0.1) is 5.25 Å². The maximum absolute atomic E-state index is 13.6. The fourth-order valence-corrected chi connectivity index (χ4v) is 5.68. The molecular formula is C38H32ClN3O3S. The van der Waals surface area contributed by atoms with Gasteiger partial charge in [-0.15, -0.1) is 11.8 Å². The molecule has 5 rings (SSSR count). The second kappa shape index (κ2) is 15.3. The van der Waals surface area contributed by atoms with E-state index >= 15 is 0 Å². The number of halogens is 1. The van der Waals surface area contributed by atoms with E-state index in [9.17, 15) is 14.4 Å². The Hall–Kier alpha value is -5.11. The molecule has 5 aromatic carbocycles. The Morgan fingerprint density at radius 3 is 2.13 bits per heavy atom. The number of benzene rings is 5. The minimum Gasteiger partial charge on any atom is -0.325 e. The third-order valence-electron chi connectivity index (χ3n) is 7.09. The second-order valence-electron chi connectivity index (χ2n) is 10.6. The summed E-state index contributed by atoms with van der Waals surface area (Å²) in [5, 5.41) is 8.74. The number of rotatable bonds is 10. The maximum atomic E-state index is 13.6. The molecule has 46 heavy (non-hydrogen) atoms. The molecule has 0 saturated carbocycles. The highest BCUT2D eigenvalue weighted by Gasteiger charge is 2.18. The van der Waals surface area contributed by atoms with Crippen LogP contribution in [-0.4, -0.2) is 23.0 Å². The van der Waals surface area contributed by atoms with Gasteiger partial charge in [0.2, 0.25) is 5.91 Å². The Morgan fingerprint density at radius 2 is 1.41 bits per heavy atom. The molecule has 0 bridgehead atoms. The van der Waals surface area contributed by atoms with Gasteiger partial charge in [-0.3, -0.25) is 14.4 Å². The van der Waals surface area contributed by atoms with Gasteiger partial charge >= 0.3 is 0 Å². The van der Waals surface area contributed by atoms with Gasteiger partial charge in [0.1, 0.15) is 5.70 Å². The highest BCUT2D eigenvalue weighted by atomic mass is 35.5. The van der Waals surface area contributed by atoms with Gasteiger partial charge in [-0.05, 0) is 84.6 Å². The van der Waals surface area contributed by atoms with Crippen LogP contribution in [0, 0.1) is 6.92 Å².